The largest absolute Gasteiger partial charge is 0.483 e. The van der Waals surface area contributed by atoms with E-state index in [2.05, 4.69) is 4.74 Å². The van der Waals surface area contributed by atoms with Crippen molar-refractivity contribution >= 4 is 18.3 Å². The molecule has 0 unspecified atom stereocenters. The van der Waals surface area contributed by atoms with Crippen LogP contribution in [0.5, 0.6) is 0 Å². The Morgan fingerprint density at radius 2 is 2.29 bits per heavy atom. The maximum Gasteiger partial charge on any atom is 0.206 e. The first kappa shape index (κ1) is 9.87. The predicted molar refractivity (Wildman–Crippen MR) is 29.1 cm³/mol. The third kappa shape index (κ3) is 5.72. The van der Waals surface area contributed by atoms with Crippen molar-refractivity contribution in [2.45, 2.75) is 0 Å². The molecule has 0 aromatic heterocycles. The smallest absolute Gasteiger partial charge is 0.206 e. The lowest BCUT2D eigenvalue weighted by atomic mass is 10.7. The van der Waals surface area contributed by atoms with Gasteiger partial charge in [-0.2, -0.15) is 0 Å². The summed E-state index contributed by atoms with van der Waals surface area (Å²) < 4.78 is 4.23. The average molecular weight is 126 g/mol. The maximum atomic E-state index is 7.99. The molecule has 2 N–H and O–H groups in total. The van der Waals surface area contributed by atoms with E-state index in [1.165, 1.54) is 7.11 Å². The van der Waals surface area contributed by atoms with Crippen molar-refractivity contribution in [3.63, 3.8) is 0 Å². The first-order valence-electron chi connectivity index (χ1n) is 1.53. The van der Waals surface area contributed by atoms with Crippen LogP contribution in [0.15, 0.2) is 0 Å². The summed E-state index contributed by atoms with van der Waals surface area (Å²) in [5, 5.41) is 14.5. The normalized spacial score (nSPS) is 6.57. The van der Waals surface area contributed by atoms with Crippen molar-refractivity contribution in [3.05, 3.63) is 0 Å². The maximum absolute atomic E-state index is 7.99. The van der Waals surface area contributed by atoms with Crippen LogP contribution in [0.2, 0.25) is 0 Å². The molecule has 0 amide bonds. The topological polar surface area (TPSA) is 53.3 Å². The monoisotopic (exact) mass is 125 g/mol. The second kappa shape index (κ2) is 5.72. The molecule has 0 aromatic rings. The van der Waals surface area contributed by atoms with Crippen LogP contribution < -0.4 is 0 Å². The number of rotatable bonds is 1. The summed E-state index contributed by atoms with van der Waals surface area (Å²) in [6.07, 6.45) is 0. The summed E-state index contributed by atoms with van der Waals surface area (Å²) in [5.74, 6) is -0.102. The highest BCUT2D eigenvalue weighted by Crippen LogP contribution is 1.65. The van der Waals surface area contributed by atoms with E-state index >= 15 is 0 Å². The number of ether oxygens (including phenoxy) is 1. The van der Waals surface area contributed by atoms with Gasteiger partial charge in [-0.05, 0) is 0 Å². The number of nitrogens with one attached hydrogen (secondary N) is 1. The van der Waals surface area contributed by atoms with Gasteiger partial charge in [0.2, 0.25) is 5.90 Å². The Bertz CT molecular complexity index is 50.9. The van der Waals surface area contributed by atoms with Gasteiger partial charge in [-0.3, -0.25) is 5.41 Å². The molecule has 0 saturated carbocycles. The van der Waals surface area contributed by atoms with Crippen LogP contribution in [0.1, 0.15) is 0 Å². The van der Waals surface area contributed by atoms with Crippen LogP contribution in [-0.4, -0.2) is 24.7 Å². The van der Waals surface area contributed by atoms with E-state index in [-0.39, 0.29) is 24.9 Å². The third-order valence-corrected chi connectivity index (χ3v) is 0.390. The van der Waals surface area contributed by atoms with Crippen LogP contribution in [0.25, 0.3) is 0 Å². The Kier molecular flexibility index (Phi) is 8.06. The second-order valence-electron chi connectivity index (χ2n) is 0.785. The molecule has 7 heavy (non-hydrogen) atoms. The van der Waals surface area contributed by atoms with Crippen molar-refractivity contribution in [1.29, 1.82) is 5.41 Å². The molecular weight excluding hydrogens is 117 g/mol. The zero-order valence-corrected chi connectivity index (χ0v) is 4.79. The molecule has 4 heteroatoms. The van der Waals surface area contributed by atoms with E-state index in [1.807, 2.05) is 0 Å². The zero-order chi connectivity index (χ0) is 4.99. The third-order valence-electron chi connectivity index (χ3n) is 0.390. The molecule has 0 bridgehead atoms. The molecule has 0 spiro atoms. The van der Waals surface area contributed by atoms with Crippen LogP contribution in [-0.2, 0) is 4.74 Å². The van der Waals surface area contributed by atoms with Crippen LogP contribution in [0.4, 0.5) is 0 Å². The fraction of sp³-hybridized carbons (Fsp3) is 0.667. The van der Waals surface area contributed by atoms with Crippen molar-refractivity contribution < 1.29 is 9.84 Å². The SMILES string of the molecule is COC(=N)CO.Cl. The summed E-state index contributed by atoms with van der Waals surface area (Å²) in [5.41, 5.74) is 0. The van der Waals surface area contributed by atoms with Crippen molar-refractivity contribution in [2.24, 2.45) is 0 Å². The van der Waals surface area contributed by atoms with Gasteiger partial charge in [-0.1, -0.05) is 0 Å². The number of aliphatic hydroxyl groups is 1. The summed E-state index contributed by atoms with van der Waals surface area (Å²) in [4.78, 5) is 0. The van der Waals surface area contributed by atoms with Crippen LogP contribution >= 0.6 is 12.4 Å². The lowest BCUT2D eigenvalue weighted by molar-refractivity contribution is 0.295. The minimum atomic E-state index is -0.309. The van der Waals surface area contributed by atoms with Crippen molar-refractivity contribution in [3.8, 4) is 0 Å². The van der Waals surface area contributed by atoms with E-state index in [0.29, 0.717) is 0 Å². The highest BCUT2D eigenvalue weighted by atomic mass is 35.5. The summed E-state index contributed by atoms with van der Waals surface area (Å²) in [7, 11) is 1.35. The first-order chi connectivity index (χ1) is 2.81. The zero-order valence-electron chi connectivity index (χ0n) is 3.97. The molecule has 0 aliphatic heterocycles. The number of halogens is 1. The average Bonchev–Trinajstić information content (AvgIpc) is 1.65. The highest BCUT2D eigenvalue weighted by molar-refractivity contribution is 5.85. The molecule has 0 aliphatic rings. The minimum Gasteiger partial charge on any atom is -0.483 e. The lowest BCUT2D eigenvalue weighted by Gasteiger charge is -1.91. The summed E-state index contributed by atoms with van der Waals surface area (Å²) in [6.45, 7) is -0.309. The van der Waals surface area contributed by atoms with Gasteiger partial charge in [0.05, 0.1) is 7.11 Å². The van der Waals surface area contributed by atoms with E-state index in [4.69, 9.17) is 10.5 Å². The Morgan fingerprint density at radius 3 is 2.29 bits per heavy atom. The quantitative estimate of drug-likeness (QED) is 0.384. The molecule has 3 nitrogen and oxygen atoms in total. The van der Waals surface area contributed by atoms with E-state index < -0.39 is 0 Å². The van der Waals surface area contributed by atoms with Gasteiger partial charge in [-0.25, -0.2) is 0 Å². The fourth-order valence-corrected chi connectivity index (χ4v) is 0.0645. The molecule has 0 radical (unpaired) electrons. The molecule has 0 aliphatic carbocycles. The molecule has 0 saturated heterocycles. The standard InChI is InChI=1S/C3H7NO2.ClH/c1-6-3(4)2-5;/h4-5H,2H2,1H3;1H. The molecular formula is C3H8ClNO2. The van der Waals surface area contributed by atoms with Crippen molar-refractivity contribution in [1.82, 2.24) is 0 Å². The molecule has 44 valence electrons. The van der Waals surface area contributed by atoms with E-state index in [1.54, 1.807) is 0 Å². The van der Waals surface area contributed by atoms with Crippen LogP contribution in [0, 0.1) is 5.41 Å². The van der Waals surface area contributed by atoms with Gasteiger partial charge in [0, 0.05) is 0 Å². The highest BCUT2D eigenvalue weighted by Gasteiger charge is 1.82. The molecule has 0 fully saturated rings. The number of hydrogen-bond acceptors (Lipinski definition) is 3. The van der Waals surface area contributed by atoms with Gasteiger partial charge >= 0.3 is 0 Å². The summed E-state index contributed by atoms with van der Waals surface area (Å²) in [6, 6.07) is 0. The summed E-state index contributed by atoms with van der Waals surface area (Å²) >= 11 is 0. The molecule has 0 rings (SSSR count). The predicted octanol–water partition coefficient (Wildman–Crippen LogP) is 0.0242. The Balaban J connectivity index is 0. The minimum absolute atomic E-state index is 0. The number of hydrogen-bond donors (Lipinski definition) is 2. The fourth-order valence-electron chi connectivity index (χ4n) is 0.0645. The van der Waals surface area contributed by atoms with Gasteiger partial charge < -0.3 is 9.84 Å². The van der Waals surface area contributed by atoms with E-state index in [0.717, 1.165) is 0 Å². The molecule has 0 heterocycles. The molecule has 0 aromatic carbocycles. The van der Waals surface area contributed by atoms with Gasteiger partial charge in [-0.15, -0.1) is 12.4 Å². The van der Waals surface area contributed by atoms with Gasteiger partial charge in [0.25, 0.3) is 0 Å². The van der Waals surface area contributed by atoms with E-state index in [9.17, 15) is 0 Å². The van der Waals surface area contributed by atoms with Gasteiger partial charge in [0.1, 0.15) is 6.61 Å². The van der Waals surface area contributed by atoms with Crippen LogP contribution in [0.3, 0.4) is 0 Å². The Labute approximate surface area is 48.2 Å². The van der Waals surface area contributed by atoms with Gasteiger partial charge in [0.15, 0.2) is 0 Å². The Morgan fingerprint density at radius 1 is 1.86 bits per heavy atom. The second-order valence-corrected chi connectivity index (χ2v) is 0.785. The Hall–Kier alpha value is -0.280. The molecule has 0 atom stereocenters. The number of aliphatic hydroxyl groups excluding tert-OH is 1. The lowest BCUT2D eigenvalue weighted by Crippen LogP contribution is -2.03. The number of methoxy groups -OCH3 is 1. The van der Waals surface area contributed by atoms with Crippen molar-refractivity contribution in [2.75, 3.05) is 13.7 Å². The first-order valence-corrected chi connectivity index (χ1v) is 1.53.